The number of rotatable bonds is 12. The molecule has 0 aliphatic rings. The first-order valence-corrected chi connectivity index (χ1v) is 5.47. The predicted molar refractivity (Wildman–Crippen MR) is 69.3 cm³/mol. The van der Waals surface area contributed by atoms with Crippen LogP contribution in [0.25, 0.3) is 0 Å². The van der Waals surface area contributed by atoms with E-state index in [9.17, 15) is 0 Å². The maximum absolute atomic E-state index is 6.22. The van der Waals surface area contributed by atoms with Gasteiger partial charge >= 0.3 is 0 Å². The molecule has 0 aliphatic carbocycles. The van der Waals surface area contributed by atoms with Crippen molar-refractivity contribution in [3.05, 3.63) is 0 Å². The van der Waals surface area contributed by atoms with Crippen molar-refractivity contribution in [2.75, 3.05) is 7.05 Å². The number of nitrogens with zero attached hydrogens (tertiary/aromatic N) is 25. The molecule has 0 aromatic heterocycles. The Balaban J connectivity index is 3.94. The van der Waals surface area contributed by atoms with Crippen LogP contribution in [-0.2, 0) is 0 Å². The van der Waals surface area contributed by atoms with E-state index in [4.69, 9.17) is 5.53 Å². The average Bonchev–Trinajstić information content (AvgIpc) is 2.68. The van der Waals surface area contributed by atoms with Crippen molar-refractivity contribution in [1.29, 1.82) is 5.53 Å². The molecule has 0 aromatic rings. The van der Waals surface area contributed by atoms with Gasteiger partial charge in [0.15, 0.2) is 0 Å². The molecule has 0 radical (unpaired) electrons. The van der Waals surface area contributed by atoms with E-state index >= 15 is 0 Å². The van der Waals surface area contributed by atoms with Gasteiger partial charge in [0.2, 0.25) is 0 Å². The van der Waals surface area contributed by atoms with Crippen molar-refractivity contribution in [1.82, 2.24) is 0 Å². The van der Waals surface area contributed by atoms with E-state index in [0.717, 1.165) is 0 Å². The van der Waals surface area contributed by atoms with Gasteiger partial charge in [-0.2, -0.15) is 10.6 Å². The molecule has 0 saturated heterocycles. The minimum Gasteiger partial charge on any atom is -0.183 e. The zero-order chi connectivity index (χ0) is 19.7. The molecule has 27 heavy (non-hydrogen) atoms. The van der Waals surface area contributed by atoms with Crippen molar-refractivity contribution in [2.24, 2.45) is 130 Å². The van der Waals surface area contributed by atoms with Gasteiger partial charge in [0, 0.05) is 41.8 Å². The van der Waals surface area contributed by atoms with Crippen LogP contribution in [0.4, 0.5) is 0 Å². The Morgan fingerprint density at radius 3 is 0.667 bits per heavy atom. The van der Waals surface area contributed by atoms with Crippen molar-refractivity contribution in [2.45, 2.75) is 0 Å². The van der Waals surface area contributed by atoms with E-state index in [-0.39, 0.29) is 0 Å². The molecule has 1 N–H and O–H groups in total. The van der Waals surface area contributed by atoms with Crippen molar-refractivity contribution in [3.8, 4) is 0 Å². The van der Waals surface area contributed by atoms with Gasteiger partial charge in [-0.25, -0.2) is 0 Å². The first-order chi connectivity index (χ1) is 13.4. The Kier molecular flexibility index (Phi) is 16.8. The fraction of sp³-hybridized carbons (Fsp3) is 1.00. The predicted octanol–water partition coefficient (Wildman–Crippen LogP) is 5.05. The largest absolute Gasteiger partial charge is 0.183 e. The SMILES string of the molecule is CN=N/N=N/N=N/N=N/N=N/N=N/N=N/N=N/N=N/N=N/N=N/N=N/N=N. The summed E-state index contributed by atoms with van der Waals surface area (Å²) in [7, 11) is 1.39. The molecular formula is CH4N26. The van der Waals surface area contributed by atoms with Gasteiger partial charge in [0.05, 0.1) is 7.05 Å². The highest BCUT2D eigenvalue weighted by Gasteiger charge is 1.72. The Labute approximate surface area is 144 Å². The molecule has 26 nitrogen and oxygen atoms in total. The van der Waals surface area contributed by atoms with Gasteiger partial charge in [0.25, 0.3) is 0 Å². The minimum absolute atomic E-state index is 1.39. The molecule has 138 valence electrons. The van der Waals surface area contributed by atoms with Crippen LogP contribution in [0.15, 0.2) is 130 Å². The van der Waals surface area contributed by atoms with Crippen LogP contribution >= 0.6 is 0 Å². The molecule has 26 heteroatoms. The van der Waals surface area contributed by atoms with Gasteiger partial charge in [-0.1, -0.05) is 0 Å². The molecule has 0 fully saturated rings. The second kappa shape index (κ2) is 20.8. The van der Waals surface area contributed by atoms with Crippen LogP contribution in [0.2, 0.25) is 0 Å². The van der Waals surface area contributed by atoms with Crippen molar-refractivity contribution < 1.29 is 0 Å². The van der Waals surface area contributed by atoms with Crippen molar-refractivity contribution in [3.63, 3.8) is 0 Å². The molecule has 0 saturated carbocycles. The maximum atomic E-state index is 6.22. The van der Waals surface area contributed by atoms with E-state index in [1.54, 1.807) is 0 Å². The summed E-state index contributed by atoms with van der Waals surface area (Å²) in [6.45, 7) is 0. The molecular weight excluding hydrogens is 376 g/mol. The lowest BCUT2D eigenvalue weighted by Gasteiger charge is -1.70. The highest BCUT2D eigenvalue weighted by Crippen LogP contribution is 1.90. The monoisotopic (exact) mass is 380 g/mol. The smallest absolute Gasteiger partial charge is 0.0510 e. The normalized spacial score (nSPS) is 14.7. The quantitative estimate of drug-likeness (QED) is 0.342. The molecule has 0 atom stereocenters. The second-order valence-electron chi connectivity index (χ2n) is 2.36. The molecule has 0 aromatic carbocycles. The summed E-state index contributed by atoms with van der Waals surface area (Å²) in [5.41, 5.74) is 6.22. The third kappa shape index (κ3) is 20.8. The molecule has 0 amide bonds. The van der Waals surface area contributed by atoms with E-state index in [1.165, 1.54) is 7.05 Å². The standard InChI is InChI=1S/CH4N26/c1-3-5-7-9-11-13-15-17-19-21-23-25-27-26-24-22-20-18-16-14-12-10-8-6-4-2/h2H,1H3/b4-2?,5-3?,8-6+,9-7+,12-10+,13-11+,16-14+,17-15+,20-18+,21-19+,24-22+,25-23+,27-26+. The van der Waals surface area contributed by atoms with Gasteiger partial charge < -0.3 is 0 Å². The van der Waals surface area contributed by atoms with Crippen LogP contribution in [0.1, 0.15) is 0 Å². The molecule has 0 spiro atoms. The van der Waals surface area contributed by atoms with E-state index < -0.39 is 0 Å². The lowest BCUT2D eigenvalue weighted by Crippen LogP contribution is -1.51. The van der Waals surface area contributed by atoms with E-state index in [2.05, 4.69) is 130 Å². The lowest BCUT2D eigenvalue weighted by atomic mass is 11.6. The highest BCUT2D eigenvalue weighted by atomic mass is 15.7. The van der Waals surface area contributed by atoms with Crippen LogP contribution in [-0.4, -0.2) is 7.05 Å². The Morgan fingerprint density at radius 2 is 0.481 bits per heavy atom. The summed E-state index contributed by atoms with van der Waals surface area (Å²) in [5.74, 6) is 0. The van der Waals surface area contributed by atoms with E-state index in [0.29, 0.717) is 0 Å². The molecule has 0 heterocycles. The third-order valence-electron chi connectivity index (χ3n) is 1.01. The van der Waals surface area contributed by atoms with Gasteiger partial charge in [0.1, 0.15) is 0 Å². The summed E-state index contributed by atoms with van der Waals surface area (Å²) < 4.78 is 0. The Morgan fingerprint density at radius 1 is 0.296 bits per heavy atom. The third-order valence-corrected chi connectivity index (χ3v) is 1.01. The molecule has 0 rings (SSSR count). The first kappa shape index (κ1) is 21.8. The van der Waals surface area contributed by atoms with Crippen molar-refractivity contribution >= 4 is 0 Å². The van der Waals surface area contributed by atoms with E-state index in [1.807, 2.05) is 0 Å². The van der Waals surface area contributed by atoms with Crippen LogP contribution in [0, 0.1) is 5.53 Å². The summed E-state index contributed by atoms with van der Waals surface area (Å²) in [5, 5.41) is 74.4. The van der Waals surface area contributed by atoms with Crippen LogP contribution in [0.5, 0.6) is 0 Å². The fourth-order valence-electron chi connectivity index (χ4n) is 0.436. The number of nitrogens with one attached hydrogen (secondary N) is 1. The number of hydrogen-bond donors (Lipinski definition) is 1. The van der Waals surface area contributed by atoms with Gasteiger partial charge in [-0.05, 0) is 83.6 Å². The zero-order valence-electron chi connectivity index (χ0n) is 12.7. The number of hydrogen-bond acceptors (Lipinski definition) is 2. The average molecular weight is 380 g/mol. The molecule has 0 bridgehead atoms. The summed E-state index contributed by atoms with van der Waals surface area (Å²) in [6.07, 6.45) is 0. The fourth-order valence-corrected chi connectivity index (χ4v) is 0.436. The second-order valence-corrected chi connectivity index (χ2v) is 2.36. The Hall–Kier alpha value is -5.20. The first-order valence-electron chi connectivity index (χ1n) is 5.47. The minimum atomic E-state index is 1.39. The highest BCUT2D eigenvalue weighted by molar-refractivity contribution is 4.15. The zero-order valence-corrected chi connectivity index (χ0v) is 12.7. The van der Waals surface area contributed by atoms with Crippen LogP contribution in [0.3, 0.4) is 0 Å². The van der Waals surface area contributed by atoms with Gasteiger partial charge in [-0.3, -0.25) is 0 Å². The summed E-state index contributed by atoms with van der Waals surface area (Å²) >= 11 is 0. The molecule has 0 unspecified atom stereocenters. The topological polar surface area (TPSA) is 333 Å². The Bertz CT molecular complexity index is 709. The maximum Gasteiger partial charge on any atom is 0.0510 e. The van der Waals surface area contributed by atoms with Crippen LogP contribution < -0.4 is 0 Å². The van der Waals surface area contributed by atoms with Gasteiger partial charge in [-0.15, -0.1) is 0 Å². The lowest BCUT2D eigenvalue weighted by molar-refractivity contribution is 0.731. The summed E-state index contributed by atoms with van der Waals surface area (Å²) in [6, 6.07) is 0. The molecule has 0 aliphatic heterocycles. The summed E-state index contributed by atoms with van der Waals surface area (Å²) in [4.78, 5) is 0.